The van der Waals surface area contributed by atoms with Gasteiger partial charge in [0.15, 0.2) is 5.78 Å². The molecular weight excluding hydrogens is 274 g/mol. The molecule has 20 heavy (non-hydrogen) atoms. The molecule has 1 aromatic heterocycles. The molecule has 0 N–H and O–H groups in total. The van der Waals surface area contributed by atoms with Crippen LogP contribution in [0.5, 0.6) is 11.5 Å². The lowest BCUT2D eigenvalue weighted by atomic mass is 10.1. The van der Waals surface area contributed by atoms with Gasteiger partial charge >= 0.3 is 0 Å². The van der Waals surface area contributed by atoms with Gasteiger partial charge in [-0.1, -0.05) is 18.5 Å². The Kier molecular flexibility index (Phi) is 4.40. The maximum absolute atomic E-state index is 11.5. The van der Waals surface area contributed by atoms with Gasteiger partial charge in [-0.05, 0) is 49.2 Å². The van der Waals surface area contributed by atoms with Crippen LogP contribution in [0.4, 0.5) is 0 Å². The Hall–Kier alpha value is -1.87. The Bertz CT molecular complexity index is 612. The molecular formula is C16H16ClNO2. The summed E-state index contributed by atoms with van der Waals surface area (Å²) in [5.41, 5.74) is 2.39. The Morgan fingerprint density at radius 3 is 2.35 bits per heavy atom. The zero-order valence-corrected chi connectivity index (χ0v) is 12.5. The van der Waals surface area contributed by atoms with Crippen molar-refractivity contribution < 1.29 is 9.53 Å². The highest BCUT2D eigenvalue weighted by Crippen LogP contribution is 2.28. The molecule has 0 spiro atoms. The van der Waals surface area contributed by atoms with Crippen LogP contribution in [0.15, 0.2) is 30.5 Å². The van der Waals surface area contributed by atoms with Gasteiger partial charge in [-0.3, -0.25) is 4.79 Å². The maximum atomic E-state index is 11.5. The fraction of sp³-hybridized carbons (Fsp3) is 0.250. The number of nitrogens with zero attached hydrogens (tertiary/aromatic N) is 1. The van der Waals surface area contributed by atoms with Gasteiger partial charge in [0.1, 0.15) is 17.2 Å². The summed E-state index contributed by atoms with van der Waals surface area (Å²) < 4.78 is 5.73. The number of Topliss-reactive ketones (excluding diaryl/α,β-unsaturated/α-hetero) is 1. The van der Waals surface area contributed by atoms with E-state index >= 15 is 0 Å². The van der Waals surface area contributed by atoms with E-state index in [1.807, 2.05) is 32.9 Å². The highest BCUT2D eigenvalue weighted by Gasteiger charge is 2.07. The number of aryl methyl sites for hydroxylation is 2. The van der Waals surface area contributed by atoms with E-state index in [1.165, 1.54) is 0 Å². The number of rotatable bonds is 4. The molecule has 0 atom stereocenters. The van der Waals surface area contributed by atoms with Crippen LogP contribution < -0.4 is 4.74 Å². The topological polar surface area (TPSA) is 39.2 Å². The van der Waals surface area contributed by atoms with Crippen molar-refractivity contribution >= 4 is 17.4 Å². The molecule has 0 saturated carbocycles. The highest BCUT2D eigenvalue weighted by atomic mass is 35.5. The van der Waals surface area contributed by atoms with E-state index in [2.05, 4.69) is 4.98 Å². The quantitative estimate of drug-likeness (QED) is 0.763. The number of hydrogen-bond acceptors (Lipinski definition) is 3. The molecule has 1 aromatic carbocycles. The van der Waals surface area contributed by atoms with Crippen molar-refractivity contribution in [3.05, 3.63) is 52.3 Å². The zero-order chi connectivity index (χ0) is 14.7. The molecule has 0 aliphatic heterocycles. The van der Waals surface area contributed by atoms with Crippen molar-refractivity contribution in [2.75, 3.05) is 0 Å². The number of carbonyl (C=O) groups is 1. The van der Waals surface area contributed by atoms with Crippen molar-refractivity contribution in [2.24, 2.45) is 0 Å². The molecule has 2 aromatic rings. The van der Waals surface area contributed by atoms with E-state index in [9.17, 15) is 4.79 Å². The summed E-state index contributed by atoms with van der Waals surface area (Å²) in [6.07, 6.45) is 2.00. The first kappa shape index (κ1) is 14.5. The molecule has 0 saturated heterocycles. The Morgan fingerprint density at radius 2 is 1.85 bits per heavy atom. The first-order valence-corrected chi connectivity index (χ1v) is 6.83. The van der Waals surface area contributed by atoms with Gasteiger partial charge in [0.2, 0.25) is 0 Å². The molecule has 0 aliphatic rings. The molecule has 3 nitrogen and oxygen atoms in total. The average Bonchev–Trinajstić information content (AvgIpc) is 2.44. The minimum Gasteiger partial charge on any atom is -0.456 e. The van der Waals surface area contributed by atoms with E-state index in [-0.39, 0.29) is 5.78 Å². The minimum absolute atomic E-state index is 0.0229. The molecule has 0 bridgehead atoms. The molecule has 0 fully saturated rings. The lowest BCUT2D eigenvalue weighted by molar-refractivity contribution is 0.0983. The second kappa shape index (κ2) is 6.06. The summed E-state index contributed by atoms with van der Waals surface area (Å²) in [7, 11) is 0. The smallest absolute Gasteiger partial charge is 0.180 e. The molecule has 2 rings (SSSR count). The summed E-state index contributed by atoms with van der Waals surface area (Å²) in [4.78, 5) is 15.6. The third kappa shape index (κ3) is 3.17. The van der Waals surface area contributed by atoms with Crippen molar-refractivity contribution in [3.8, 4) is 11.5 Å². The van der Waals surface area contributed by atoms with Crippen LogP contribution in [0.3, 0.4) is 0 Å². The summed E-state index contributed by atoms with van der Waals surface area (Å²) >= 11 is 6.12. The fourth-order valence-corrected chi connectivity index (χ4v) is 2.00. The maximum Gasteiger partial charge on any atom is 0.180 e. The van der Waals surface area contributed by atoms with Gasteiger partial charge in [-0.25, -0.2) is 4.98 Å². The highest BCUT2D eigenvalue weighted by molar-refractivity contribution is 6.32. The SMILES string of the molecule is CCC(=O)c1ccc(Oc2cc(C)c(Cl)c(C)c2)cn1. The molecule has 104 valence electrons. The number of ether oxygens (including phenoxy) is 1. The number of pyridine rings is 1. The van der Waals surface area contributed by atoms with E-state index in [1.54, 1.807) is 18.3 Å². The number of hydrogen-bond donors (Lipinski definition) is 0. The van der Waals surface area contributed by atoms with Crippen LogP contribution in [0.1, 0.15) is 35.0 Å². The normalized spacial score (nSPS) is 10.4. The van der Waals surface area contributed by atoms with E-state index < -0.39 is 0 Å². The Balaban J connectivity index is 2.20. The molecule has 0 amide bonds. The van der Waals surface area contributed by atoms with Crippen molar-refractivity contribution in [1.29, 1.82) is 0 Å². The van der Waals surface area contributed by atoms with Crippen LogP contribution in [0.2, 0.25) is 5.02 Å². The fourth-order valence-electron chi connectivity index (χ4n) is 1.89. The van der Waals surface area contributed by atoms with Gasteiger partial charge < -0.3 is 4.74 Å². The van der Waals surface area contributed by atoms with Gasteiger partial charge in [0.25, 0.3) is 0 Å². The lowest BCUT2D eigenvalue weighted by Crippen LogP contribution is -1.99. The lowest BCUT2D eigenvalue weighted by Gasteiger charge is -2.09. The van der Waals surface area contributed by atoms with Gasteiger partial charge in [-0.15, -0.1) is 0 Å². The number of aromatic nitrogens is 1. The monoisotopic (exact) mass is 289 g/mol. The van der Waals surface area contributed by atoms with Crippen LogP contribution in [-0.4, -0.2) is 10.8 Å². The van der Waals surface area contributed by atoms with Crippen molar-refractivity contribution in [1.82, 2.24) is 4.98 Å². The van der Waals surface area contributed by atoms with Gasteiger partial charge in [0, 0.05) is 11.4 Å². The van der Waals surface area contributed by atoms with Gasteiger partial charge in [-0.2, -0.15) is 0 Å². The predicted molar refractivity (Wildman–Crippen MR) is 79.9 cm³/mol. The minimum atomic E-state index is 0.0229. The third-order valence-electron chi connectivity index (χ3n) is 2.99. The zero-order valence-electron chi connectivity index (χ0n) is 11.7. The summed E-state index contributed by atoms with van der Waals surface area (Å²) in [5.74, 6) is 1.33. The Labute approximate surface area is 123 Å². The molecule has 0 aliphatic carbocycles. The predicted octanol–water partition coefficient (Wildman–Crippen LogP) is 4.74. The van der Waals surface area contributed by atoms with Crippen LogP contribution in [-0.2, 0) is 0 Å². The van der Waals surface area contributed by atoms with E-state index in [0.29, 0.717) is 23.6 Å². The number of benzene rings is 1. The first-order chi connectivity index (χ1) is 9.51. The van der Waals surface area contributed by atoms with E-state index in [4.69, 9.17) is 16.3 Å². The van der Waals surface area contributed by atoms with Crippen molar-refractivity contribution in [3.63, 3.8) is 0 Å². The molecule has 0 radical (unpaired) electrons. The average molecular weight is 290 g/mol. The van der Waals surface area contributed by atoms with Crippen LogP contribution >= 0.6 is 11.6 Å². The third-order valence-corrected chi connectivity index (χ3v) is 3.58. The summed E-state index contributed by atoms with van der Waals surface area (Å²) in [6.45, 7) is 5.68. The summed E-state index contributed by atoms with van der Waals surface area (Å²) in [6, 6.07) is 7.17. The Morgan fingerprint density at radius 1 is 1.20 bits per heavy atom. The molecule has 0 unspecified atom stereocenters. The van der Waals surface area contributed by atoms with Crippen LogP contribution in [0.25, 0.3) is 0 Å². The largest absolute Gasteiger partial charge is 0.456 e. The number of halogens is 1. The molecule has 1 heterocycles. The first-order valence-electron chi connectivity index (χ1n) is 6.45. The van der Waals surface area contributed by atoms with Crippen molar-refractivity contribution in [2.45, 2.75) is 27.2 Å². The second-order valence-corrected chi connectivity index (χ2v) is 5.01. The van der Waals surface area contributed by atoms with Gasteiger partial charge in [0.05, 0.1) is 6.20 Å². The standard InChI is InChI=1S/C16H16ClNO2/c1-4-15(19)14-6-5-12(9-18-14)20-13-7-10(2)16(17)11(3)8-13/h5-9H,4H2,1-3H3. The second-order valence-electron chi connectivity index (χ2n) is 4.63. The molecule has 4 heteroatoms. The summed E-state index contributed by atoms with van der Waals surface area (Å²) in [5, 5.41) is 0.749. The number of carbonyl (C=O) groups excluding carboxylic acids is 1. The van der Waals surface area contributed by atoms with Crippen LogP contribution in [0, 0.1) is 13.8 Å². The number of ketones is 1. The van der Waals surface area contributed by atoms with E-state index in [0.717, 1.165) is 16.1 Å².